The molecule has 0 bridgehead atoms. The van der Waals surface area contributed by atoms with Gasteiger partial charge in [-0.15, -0.1) is 0 Å². The van der Waals surface area contributed by atoms with Crippen LogP contribution >= 0.6 is 11.3 Å². The first-order chi connectivity index (χ1) is 15.7. The molecule has 0 spiro atoms. The van der Waals surface area contributed by atoms with Gasteiger partial charge in [0.1, 0.15) is 0 Å². The Balaban J connectivity index is 1.25. The number of amides is 1. The van der Waals surface area contributed by atoms with Crippen LogP contribution in [0.25, 0.3) is 26.4 Å². The van der Waals surface area contributed by atoms with Gasteiger partial charge in [-0.05, 0) is 43.1 Å². The number of ether oxygens (including phenoxy) is 1. The third-order valence-electron chi connectivity index (χ3n) is 6.05. The van der Waals surface area contributed by atoms with E-state index in [1.807, 2.05) is 18.2 Å². The quantitative estimate of drug-likeness (QED) is 0.430. The van der Waals surface area contributed by atoms with Gasteiger partial charge in [0.2, 0.25) is 0 Å². The van der Waals surface area contributed by atoms with Gasteiger partial charge < -0.3 is 10.1 Å². The van der Waals surface area contributed by atoms with Crippen LogP contribution in [0.3, 0.4) is 0 Å². The molecule has 3 heterocycles. The Kier molecular flexibility index (Phi) is 6.21. The number of morpholine rings is 1. The van der Waals surface area contributed by atoms with Gasteiger partial charge in [-0.2, -0.15) is 0 Å². The van der Waals surface area contributed by atoms with E-state index in [9.17, 15) is 4.79 Å². The van der Waals surface area contributed by atoms with E-state index in [-0.39, 0.29) is 5.91 Å². The van der Waals surface area contributed by atoms with Crippen molar-refractivity contribution in [1.82, 2.24) is 19.6 Å². The molecular weight excluding hydrogens is 420 g/mol. The minimum Gasteiger partial charge on any atom is -0.379 e. The number of imidazole rings is 1. The van der Waals surface area contributed by atoms with Crippen LogP contribution in [0.5, 0.6) is 0 Å². The summed E-state index contributed by atoms with van der Waals surface area (Å²) in [6, 6.07) is 14.5. The van der Waals surface area contributed by atoms with Crippen molar-refractivity contribution in [3.05, 3.63) is 59.8 Å². The Morgan fingerprint density at radius 1 is 1.16 bits per heavy atom. The largest absolute Gasteiger partial charge is 0.379 e. The lowest BCUT2D eigenvalue weighted by Crippen LogP contribution is -2.38. The number of hydrogen-bond donors (Lipinski definition) is 1. The van der Waals surface area contributed by atoms with Crippen molar-refractivity contribution in [3.63, 3.8) is 0 Å². The van der Waals surface area contributed by atoms with Crippen LogP contribution in [0.4, 0.5) is 0 Å². The molecular formula is C25H28N4O2S. The number of thiazole rings is 1. The first kappa shape index (κ1) is 21.1. The fraction of sp³-hybridized carbons (Fsp3) is 0.360. The van der Waals surface area contributed by atoms with E-state index < -0.39 is 0 Å². The lowest BCUT2D eigenvalue weighted by atomic mass is 10.1. The zero-order valence-corrected chi connectivity index (χ0v) is 19.2. The molecule has 1 N–H and O–H groups in total. The van der Waals surface area contributed by atoms with Crippen LogP contribution in [-0.4, -0.2) is 59.6 Å². The molecule has 1 aliphatic rings. The SMILES string of the molecule is CCc1ccc(-c2cn3c(n2)sc2cc(C(=O)NCCCN4CCOCC4)ccc23)cc1. The molecule has 1 aliphatic heterocycles. The molecule has 0 saturated carbocycles. The summed E-state index contributed by atoms with van der Waals surface area (Å²) in [7, 11) is 0. The second kappa shape index (κ2) is 9.40. The predicted octanol–water partition coefficient (Wildman–Crippen LogP) is 4.23. The highest BCUT2D eigenvalue weighted by molar-refractivity contribution is 7.23. The van der Waals surface area contributed by atoms with Gasteiger partial charge in [0.05, 0.1) is 29.1 Å². The Morgan fingerprint density at radius 2 is 1.97 bits per heavy atom. The molecule has 7 heteroatoms. The van der Waals surface area contributed by atoms with Gasteiger partial charge in [-0.3, -0.25) is 14.1 Å². The van der Waals surface area contributed by atoms with Crippen LogP contribution in [0, 0.1) is 0 Å². The molecule has 1 amide bonds. The van der Waals surface area contributed by atoms with Crippen LogP contribution in [0.1, 0.15) is 29.3 Å². The Bertz CT molecular complexity index is 1220. The van der Waals surface area contributed by atoms with E-state index in [0.29, 0.717) is 12.1 Å². The summed E-state index contributed by atoms with van der Waals surface area (Å²) in [6.45, 7) is 7.42. The number of hydrogen-bond acceptors (Lipinski definition) is 5. The first-order valence-corrected chi connectivity index (χ1v) is 12.1. The number of fused-ring (bicyclic) bond motifs is 3. The molecule has 2 aromatic carbocycles. The summed E-state index contributed by atoms with van der Waals surface area (Å²) in [5, 5.41) is 3.06. The molecule has 32 heavy (non-hydrogen) atoms. The summed E-state index contributed by atoms with van der Waals surface area (Å²) in [5.74, 6) is -0.0170. The van der Waals surface area contributed by atoms with Crippen molar-refractivity contribution in [2.24, 2.45) is 0 Å². The van der Waals surface area contributed by atoms with Crippen molar-refractivity contribution in [3.8, 4) is 11.3 Å². The molecule has 6 nitrogen and oxygen atoms in total. The monoisotopic (exact) mass is 448 g/mol. The number of carbonyl (C=O) groups is 1. The van der Waals surface area contributed by atoms with Crippen LogP contribution in [-0.2, 0) is 11.2 Å². The van der Waals surface area contributed by atoms with Gasteiger partial charge >= 0.3 is 0 Å². The zero-order valence-electron chi connectivity index (χ0n) is 18.3. The van der Waals surface area contributed by atoms with Crippen LogP contribution in [0.15, 0.2) is 48.7 Å². The van der Waals surface area contributed by atoms with Crippen molar-refractivity contribution in [2.75, 3.05) is 39.4 Å². The number of carbonyl (C=O) groups excluding carboxylic acids is 1. The topological polar surface area (TPSA) is 58.9 Å². The van der Waals surface area contributed by atoms with Crippen molar-refractivity contribution in [1.29, 1.82) is 0 Å². The molecule has 4 aromatic rings. The van der Waals surface area contributed by atoms with E-state index >= 15 is 0 Å². The molecule has 0 aliphatic carbocycles. The smallest absolute Gasteiger partial charge is 0.251 e. The molecule has 5 rings (SSSR count). The maximum absolute atomic E-state index is 12.6. The van der Waals surface area contributed by atoms with Gasteiger partial charge in [-0.25, -0.2) is 4.98 Å². The Morgan fingerprint density at radius 3 is 2.75 bits per heavy atom. The highest BCUT2D eigenvalue weighted by Crippen LogP contribution is 2.30. The number of aromatic nitrogens is 2. The number of benzene rings is 2. The number of rotatable bonds is 7. The highest BCUT2D eigenvalue weighted by Gasteiger charge is 2.14. The molecule has 0 radical (unpaired) electrons. The molecule has 0 atom stereocenters. The van der Waals surface area contributed by atoms with E-state index in [4.69, 9.17) is 9.72 Å². The van der Waals surface area contributed by atoms with Gasteiger partial charge in [-0.1, -0.05) is 42.5 Å². The third kappa shape index (κ3) is 4.41. The normalized spacial score (nSPS) is 14.9. The lowest BCUT2D eigenvalue weighted by molar-refractivity contribution is 0.0374. The number of nitrogens with one attached hydrogen (secondary N) is 1. The third-order valence-corrected chi connectivity index (χ3v) is 7.07. The first-order valence-electron chi connectivity index (χ1n) is 11.3. The van der Waals surface area contributed by atoms with Crippen LogP contribution in [0.2, 0.25) is 0 Å². The second-order valence-electron chi connectivity index (χ2n) is 8.18. The molecule has 1 fully saturated rings. The maximum Gasteiger partial charge on any atom is 0.251 e. The Hall–Kier alpha value is -2.74. The summed E-state index contributed by atoms with van der Waals surface area (Å²) in [6.07, 6.45) is 4.07. The van der Waals surface area contributed by atoms with Gasteiger partial charge in [0, 0.05) is 37.0 Å². The van der Waals surface area contributed by atoms with Crippen molar-refractivity contribution in [2.45, 2.75) is 19.8 Å². The molecule has 1 saturated heterocycles. The number of aryl methyl sites for hydroxylation is 1. The summed E-state index contributed by atoms with van der Waals surface area (Å²) >= 11 is 1.62. The van der Waals surface area contributed by atoms with E-state index in [1.165, 1.54) is 5.56 Å². The predicted molar refractivity (Wildman–Crippen MR) is 130 cm³/mol. The molecule has 2 aromatic heterocycles. The van der Waals surface area contributed by atoms with Crippen molar-refractivity contribution >= 4 is 32.4 Å². The average Bonchev–Trinajstić information content (AvgIpc) is 3.40. The summed E-state index contributed by atoms with van der Waals surface area (Å²) in [4.78, 5) is 20.8. The standard InChI is InChI=1S/C25H28N4O2S/c1-2-18-4-6-19(7-5-18)21-17-29-22-9-8-20(16-23(22)32-25(29)27-21)24(30)26-10-3-11-28-12-14-31-15-13-28/h4-9,16-17H,2-3,10-15H2,1H3,(H,26,30). The fourth-order valence-corrected chi connectivity index (χ4v) is 5.17. The zero-order chi connectivity index (χ0) is 21.9. The average molecular weight is 449 g/mol. The van der Waals surface area contributed by atoms with E-state index in [1.54, 1.807) is 11.3 Å². The lowest BCUT2D eigenvalue weighted by Gasteiger charge is -2.26. The van der Waals surface area contributed by atoms with Crippen LogP contribution < -0.4 is 5.32 Å². The molecule has 166 valence electrons. The van der Waals surface area contributed by atoms with E-state index in [0.717, 1.165) is 72.1 Å². The second-order valence-corrected chi connectivity index (χ2v) is 9.19. The molecule has 0 unspecified atom stereocenters. The minimum atomic E-state index is -0.0170. The van der Waals surface area contributed by atoms with Gasteiger partial charge in [0.15, 0.2) is 4.96 Å². The van der Waals surface area contributed by atoms with Crippen molar-refractivity contribution < 1.29 is 9.53 Å². The highest BCUT2D eigenvalue weighted by atomic mass is 32.1. The van der Waals surface area contributed by atoms with Gasteiger partial charge in [0.25, 0.3) is 5.91 Å². The maximum atomic E-state index is 12.6. The number of nitrogens with zero attached hydrogens (tertiary/aromatic N) is 3. The fourth-order valence-electron chi connectivity index (χ4n) is 4.12. The Labute approximate surface area is 191 Å². The summed E-state index contributed by atoms with van der Waals surface area (Å²) < 4.78 is 8.56. The van der Waals surface area contributed by atoms with E-state index in [2.05, 4.69) is 52.0 Å². The minimum absolute atomic E-state index is 0.0170. The summed E-state index contributed by atoms with van der Waals surface area (Å²) in [5.41, 5.74) is 5.20.